The number of aromatic nitrogens is 2. The average molecular weight is 194 g/mol. The Bertz CT molecular complexity index is 313. The van der Waals surface area contributed by atoms with Crippen LogP contribution in [-0.4, -0.2) is 23.2 Å². The van der Waals surface area contributed by atoms with Crippen LogP contribution in [0.4, 0.5) is 0 Å². The molecule has 0 aliphatic carbocycles. The third-order valence-electron chi connectivity index (χ3n) is 1.49. The number of ether oxygens (including phenoxy) is 2. The summed E-state index contributed by atoms with van der Waals surface area (Å²) in [5.41, 5.74) is 0. The van der Waals surface area contributed by atoms with Gasteiger partial charge in [0, 0.05) is 12.3 Å². The Balaban J connectivity index is 2.77. The predicted molar refractivity (Wildman–Crippen MR) is 53.9 cm³/mol. The third kappa shape index (κ3) is 2.73. The lowest BCUT2D eigenvalue weighted by atomic mass is 10.5. The van der Waals surface area contributed by atoms with Crippen LogP contribution in [0.2, 0.25) is 0 Å². The molecule has 1 aromatic heterocycles. The Morgan fingerprint density at radius 3 is 2.86 bits per heavy atom. The SMILES string of the molecule is C=C(OCC)c1nccc(OCC)n1. The van der Waals surface area contributed by atoms with Gasteiger partial charge in [0.2, 0.25) is 5.88 Å². The highest BCUT2D eigenvalue weighted by atomic mass is 16.5. The summed E-state index contributed by atoms with van der Waals surface area (Å²) in [5.74, 6) is 1.48. The molecule has 0 aromatic carbocycles. The van der Waals surface area contributed by atoms with Crippen LogP contribution in [-0.2, 0) is 4.74 Å². The van der Waals surface area contributed by atoms with Crippen molar-refractivity contribution in [2.24, 2.45) is 0 Å². The Kier molecular flexibility index (Phi) is 3.91. The van der Waals surface area contributed by atoms with Crippen molar-refractivity contribution < 1.29 is 9.47 Å². The highest BCUT2D eigenvalue weighted by molar-refractivity contribution is 5.49. The molecule has 4 heteroatoms. The van der Waals surface area contributed by atoms with Crippen LogP contribution in [0.5, 0.6) is 5.88 Å². The summed E-state index contributed by atoms with van der Waals surface area (Å²) < 4.78 is 10.4. The van der Waals surface area contributed by atoms with Crippen LogP contribution in [0.15, 0.2) is 18.8 Å². The minimum atomic E-state index is 0.467. The fourth-order valence-corrected chi connectivity index (χ4v) is 0.944. The van der Waals surface area contributed by atoms with Gasteiger partial charge in [0.1, 0.15) is 0 Å². The normalized spacial score (nSPS) is 9.57. The molecule has 0 saturated carbocycles. The number of hydrogen-bond donors (Lipinski definition) is 0. The van der Waals surface area contributed by atoms with Gasteiger partial charge in [-0.05, 0) is 13.8 Å². The lowest BCUT2D eigenvalue weighted by Gasteiger charge is -2.06. The first-order chi connectivity index (χ1) is 6.77. The zero-order valence-electron chi connectivity index (χ0n) is 8.49. The summed E-state index contributed by atoms with van der Waals surface area (Å²) >= 11 is 0. The predicted octanol–water partition coefficient (Wildman–Crippen LogP) is 1.88. The van der Waals surface area contributed by atoms with E-state index in [-0.39, 0.29) is 0 Å². The van der Waals surface area contributed by atoms with Gasteiger partial charge in [-0.25, -0.2) is 4.98 Å². The van der Waals surface area contributed by atoms with E-state index in [1.54, 1.807) is 12.3 Å². The van der Waals surface area contributed by atoms with Crippen LogP contribution < -0.4 is 4.74 Å². The molecule has 0 radical (unpaired) electrons. The Hall–Kier alpha value is -1.58. The number of rotatable bonds is 5. The van der Waals surface area contributed by atoms with Crippen LogP contribution in [0.25, 0.3) is 5.76 Å². The molecule has 0 N–H and O–H groups in total. The van der Waals surface area contributed by atoms with Gasteiger partial charge >= 0.3 is 0 Å². The lowest BCUT2D eigenvalue weighted by Crippen LogP contribution is -2.00. The second-order valence-corrected chi connectivity index (χ2v) is 2.51. The molecule has 0 saturated heterocycles. The molecule has 0 fully saturated rings. The smallest absolute Gasteiger partial charge is 0.216 e. The summed E-state index contributed by atoms with van der Waals surface area (Å²) in [6.45, 7) is 8.64. The molecule has 1 heterocycles. The van der Waals surface area contributed by atoms with Crippen molar-refractivity contribution >= 4 is 5.76 Å². The van der Waals surface area contributed by atoms with Crippen molar-refractivity contribution in [3.63, 3.8) is 0 Å². The maximum absolute atomic E-state index is 5.23. The van der Waals surface area contributed by atoms with E-state index in [1.807, 2.05) is 13.8 Å². The molecule has 76 valence electrons. The van der Waals surface area contributed by atoms with E-state index in [4.69, 9.17) is 9.47 Å². The van der Waals surface area contributed by atoms with Gasteiger partial charge in [-0.3, -0.25) is 0 Å². The van der Waals surface area contributed by atoms with Crippen LogP contribution >= 0.6 is 0 Å². The third-order valence-corrected chi connectivity index (χ3v) is 1.49. The Morgan fingerprint density at radius 1 is 1.43 bits per heavy atom. The fourth-order valence-electron chi connectivity index (χ4n) is 0.944. The minimum absolute atomic E-state index is 0.467. The van der Waals surface area contributed by atoms with Crippen molar-refractivity contribution in [2.75, 3.05) is 13.2 Å². The van der Waals surface area contributed by atoms with Gasteiger partial charge in [0.05, 0.1) is 13.2 Å². The molecule has 0 amide bonds. The van der Waals surface area contributed by atoms with Gasteiger partial charge in [-0.2, -0.15) is 4.98 Å². The zero-order chi connectivity index (χ0) is 10.4. The molecule has 0 atom stereocenters. The van der Waals surface area contributed by atoms with E-state index in [0.717, 1.165) is 0 Å². The molecule has 14 heavy (non-hydrogen) atoms. The molecule has 0 aliphatic rings. The fraction of sp³-hybridized carbons (Fsp3) is 0.400. The Morgan fingerprint density at radius 2 is 2.21 bits per heavy atom. The van der Waals surface area contributed by atoms with E-state index in [0.29, 0.717) is 30.7 Å². The van der Waals surface area contributed by atoms with Gasteiger partial charge in [-0.15, -0.1) is 0 Å². The highest BCUT2D eigenvalue weighted by Crippen LogP contribution is 2.12. The maximum Gasteiger partial charge on any atom is 0.216 e. The minimum Gasteiger partial charge on any atom is -0.491 e. The number of hydrogen-bond acceptors (Lipinski definition) is 4. The molecule has 0 aliphatic heterocycles. The molecule has 4 nitrogen and oxygen atoms in total. The summed E-state index contributed by atoms with van der Waals surface area (Å²) in [6.07, 6.45) is 1.62. The van der Waals surface area contributed by atoms with Crippen molar-refractivity contribution in [1.82, 2.24) is 9.97 Å². The standard InChI is InChI=1S/C10H14N2O2/c1-4-13-8(3)10-11-7-6-9(12-10)14-5-2/h6-7H,3-5H2,1-2H3. The lowest BCUT2D eigenvalue weighted by molar-refractivity contribution is 0.293. The van der Waals surface area contributed by atoms with E-state index in [1.165, 1.54) is 0 Å². The van der Waals surface area contributed by atoms with Gasteiger partial charge < -0.3 is 9.47 Å². The maximum atomic E-state index is 5.23. The molecular weight excluding hydrogens is 180 g/mol. The molecule has 0 unspecified atom stereocenters. The van der Waals surface area contributed by atoms with E-state index in [2.05, 4.69) is 16.5 Å². The highest BCUT2D eigenvalue weighted by Gasteiger charge is 2.04. The molecule has 1 aromatic rings. The van der Waals surface area contributed by atoms with Gasteiger partial charge in [-0.1, -0.05) is 6.58 Å². The summed E-state index contributed by atoms with van der Waals surface area (Å²) in [6, 6.07) is 1.70. The molecule has 1 rings (SSSR count). The largest absolute Gasteiger partial charge is 0.491 e. The second-order valence-electron chi connectivity index (χ2n) is 2.51. The molecular formula is C10H14N2O2. The second kappa shape index (κ2) is 5.21. The van der Waals surface area contributed by atoms with Crippen LogP contribution in [0.1, 0.15) is 19.7 Å². The van der Waals surface area contributed by atoms with Crippen molar-refractivity contribution in [1.29, 1.82) is 0 Å². The molecule has 0 bridgehead atoms. The summed E-state index contributed by atoms with van der Waals surface area (Å²) in [7, 11) is 0. The monoisotopic (exact) mass is 194 g/mol. The summed E-state index contributed by atoms with van der Waals surface area (Å²) in [4.78, 5) is 8.15. The summed E-state index contributed by atoms with van der Waals surface area (Å²) in [5, 5.41) is 0. The van der Waals surface area contributed by atoms with Crippen molar-refractivity contribution in [3.05, 3.63) is 24.7 Å². The van der Waals surface area contributed by atoms with Gasteiger partial charge in [0.15, 0.2) is 11.6 Å². The average Bonchev–Trinajstić information content (AvgIpc) is 2.19. The number of nitrogens with zero attached hydrogens (tertiary/aromatic N) is 2. The quantitative estimate of drug-likeness (QED) is 0.671. The first kappa shape index (κ1) is 10.5. The van der Waals surface area contributed by atoms with Crippen LogP contribution in [0, 0.1) is 0 Å². The van der Waals surface area contributed by atoms with E-state index in [9.17, 15) is 0 Å². The van der Waals surface area contributed by atoms with Crippen molar-refractivity contribution in [2.45, 2.75) is 13.8 Å². The van der Waals surface area contributed by atoms with Crippen molar-refractivity contribution in [3.8, 4) is 5.88 Å². The van der Waals surface area contributed by atoms with E-state index < -0.39 is 0 Å². The first-order valence-electron chi connectivity index (χ1n) is 4.55. The Labute approximate surface area is 83.6 Å². The first-order valence-corrected chi connectivity index (χ1v) is 4.55. The zero-order valence-corrected chi connectivity index (χ0v) is 8.49. The van der Waals surface area contributed by atoms with E-state index >= 15 is 0 Å². The van der Waals surface area contributed by atoms with Crippen LogP contribution in [0.3, 0.4) is 0 Å². The van der Waals surface area contributed by atoms with Gasteiger partial charge in [0.25, 0.3) is 0 Å². The topological polar surface area (TPSA) is 44.2 Å². The molecule has 0 spiro atoms.